The van der Waals surface area contributed by atoms with Crippen molar-refractivity contribution in [2.45, 2.75) is 11.3 Å². The number of nitriles is 1. The fourth-order valence-electron chi connectivity index (χ4n) is 0.887. The maximum absolute atomic E-state index is 8.29. The molecule has 0 aliphatic rings. The van der Waals surface area contributed by atoms with E-state index in [0.717, 1.165) is 5.56 Å². The van der Waals surface area contributed by atoms with Crippen LogP contribution < -0.4 is 0 Å². The standard InChI is InChI=1S/C11H9NS/c1-13-11-7-4-6-10(9-11)5-2-3-8-12/h4,6-7,9H,3H2,1H3. The minimum atomic E-state index is 0.295. The van der Waals surface area contributed by atoms with Crippen molar-refractivity contribution in [2.24, 2.45) is 0 Å². The molecular formula is C11H9NS. The molecule has 1 rings (SSSR count). The average molecular weight is 187 g/mol. The second kappa shape index (κ2) is 5.30. The van der Waals surface area contributed by atoms with E-state index in [1.54, 1.807) is 11.8 Å². The van der Waals surface area contributed by atoms with Gasteiger partial charge in [-0.15, -0.1) is 11.8 Å². The maximum Gasteiger partial charge on any atom is 0.0966 e. The highest BCUT2D eigenvalue weighted by molar-refractivity contribution is 7.98. The first-order valence-corrected chi connectivity index (χ1v) is 5.09. The first-order valence-electron chi connectivity index (χ1n) is 3.86. The number of thioether (sulfide) groups is 1. The van der Waals surface area contributed by atoms with Gasteiger partial charge in [-0.25, -0.2) is 0 Å². The molecular weight excluding hydrogens is 178 g/mol. The van der Waals surface area contributed by atoms with Gasteiger partial charge in [-0.3, -0.25) is 0 Å². The molecule has 0 amide bonds. The highest BCUT2D eigenvalue weighted by atomic mass is 32.2. The minimum absolute atomic E-state index is 0.295. The zero-order valence-electron chi connectivity index (χ0n) is 7.37. The molecule has 0 fully saturated rings. The topological polar surface area (TPSA) is 23.8 Å². The van der Waals surface area contributed by atoms with Crippen molar-refractivity contribution in [3.63, 3.8) is 0 Å². The fourth-order valence-corrected chi connectivity index (χ4v) is 1.35. The Labute approximate surface area is 82.8 Å². The van der Waals surface area contributed by atoms with E-state index in [2.05, 4.69) is 11.8 Å². The Morgan fingerprint density at radius 2 is 2.31 bits per heavy atom. The third kappa shape index (κ3) is 3.23. The van der Waals surface area contributed by atoms with Crippen molar-refractivity contribution < 1.29 is 0 Å². The summed E-state index contributed by atoms with van der Waals surface area (Å²) in [6.07, 6.45) is 2.32. The quantitative estimate of drug-likeness (QED) is 0.498. The zero-order chi connectivity index (χ0) is 9.52. The molecule has 1 nitrogen and oxygen atoms in total. The van der Waals surface area contributed by atoms with Crippen LogP contribution in [0.3, 0.4) is 0 Å². The first kappa shape index (κ1) is 9.71. The highest BCUT2D eigenvalue weighted by Crippen LogP contribution is 2.14. The van der Waals surface area contributed by atoms with Crippen LogP contribution in [0.2, 0.25) is 0 Å². The van der Waals surface area contributed by atoms with Crippen LogP contribution in [0.1, 0.15) is 12.0 Å². The van der Waals surface area contributed by atoms with Crippen molar-refractivity contribution in [2.75, 3.05) is 6.26 Å². The lowest BCUT2D eigenvalue weighted by molar-refractivity contribution is 1.39. The molecule has 2 heteroatoms. The SMILES string of the molecule is CSc1cccc(C#CCC#N)c1. The Morgan fingerprint density at radius 1 is 1.46 bits per heavy atom. The van der Waals surface area contributed by atoms with Gasteiger partial charge in [0.1, 0.15) is 0 Å². The summed E-state index contributed by atoms with van der Waals surface area (Å²) in [4.78, 5) is 1.20. The van der Waals surface area contributed by atoms with E-state index in [1.165, 1.54) is 4.90 Å². The molecule has 13 heavy (non-hydrogen) atoms. The molecule has 0 bridgehead atoms. The normalized spacial score (nSPS) is 8.31. The molecule has 0 heterocycles. The molecule has 0 aliphatic carbocycles. The van der Waals surface area contributed by atoms with Crippen molar-refractivity contribution in [3.05, 3.63) is 29.8 Å². The smallest absolute Gasteiger partial charge is 0.0966 e. The molecule has 0 unspecified atom stereocenters. The summed E-state index contributed by atoms with van der Waals surface area (Å²) in [6.45, 7) is 0. The monoisotopic (exact) mass is 187 g/mol. The number of benzene rings is 1. The number of nitrogens with zero attached hydrogens (tertiary/aromatic N) is 1. The summed E-state index contributed by atoms with van der Waals surface area (Å²) in [6, 6.07) is 9.98. The third-order valence-electron chi connectivity index (χ3n) is 1.47. The Morgan fingerprint density at radius 3 is 3.00 bits per heavy atom. The van der Waals surface area contributed by atoms with Crippen LogP contribution in [0.25, 0.3) is 0 Å². The second-order valence-electron chi connectivity index (χ2n) is 2.37. The van der Waals surface area contributed by atoms with Crippen LogP contribution in [-0.2, 0) is 0 Å². The van der Waals surface area contributed by atoms with E-state index in [0.29, 0.717) is 6.42 Å². The van der Waals surface area contributed by atoms with E-state index < -0.39 is 0 Å². The summed E-state index contributed by atoms with van der Waals surface area (Å²) < 4.78 is 0. The van der Waals surface area contributed by atoms with Gasteiger partial charge in [0.15, 0.2) is 0 Å². The average Bonchev–Trinajstić information content (AvgIpc) is 2.19. The minimum Gasteiger partial charge on any atom is -0.197 e. The maximum atomic E-state index is 8.29. The second-order valence-corrected chi connectivity index (χ2v) is 3.25. The molecule has 0 saturated carbocycles. The predicted molar refractivity (Wildman–Crippen MR) is 55.3 cm³/mol. The Kier molecular flexibility index (Phi) is 3.96. The van der Waals surface area contributed by atoms with E-state index in [4.69, 9.17) is 5.26 Å². The molecule has 0 aromatic heterocycles. The molecule has 0 aliphatic heterocycles. The fraction of sp³-hybridized carbons (Fsp3) is 0.182. The van der Waals surface area contributed by atoms with Crippen molar-refractivity contribution >= 4 is 11.8 Å². The van der Waals surface area contributed by atoms with Crippen LogP contribution in [-0.4, -0.2) is 6.26 Å². The molecule has 1 aromatic carbocycles. The molecule has 0 spiro atoms. The Hall–Kier alpha value is -1.38. The summed E-state index contributed by atoms with van der Waals surface area (Å²) >= 11 is 1.69. The van der Waals surface area contributed by atoms with E-state index >= 15 is 0 Å². The van der Waals surface area contributed by atoms with Gasteiger partial charge in [0.25, 0.3) is 0 Å². The van der Waals surface area contributed by atoms with Crippen molar-refractivity contribution in [1.82, 2.24) is 0 Å². The molecule has 0 N–H and O–H groups in total. The third-order valence-corrected chi connectivity index (χ3v) is 2.20. The Bertz CT molecular complexity index is 379. The van der Waals surface area contributed by atoms with Crippen LogP contribution in [0.15, 0.2) is 29.2 Å². The van der Waals surface area contributed by atoms with Gasteiger partial charge < -0.3 is 0 Å². The summed E-state index contributed by atoms with van der Waals surface area (Å²) in [5.41, 5.74) is 0.974. The zero-order valence-corrected chi connectivity index (χ0v) is 8.19. The molecule has 0 saturated heterocycles. The van der Waals surface area contributed by atoms with Crippen LogP contribution in [0, 0.1) is 23.2 Å². The number of hydrogen-bond donors (Lipinski definition) is 0. The van der Waals surface area contributed by atoms with E-state index in [1.807, 2.05) is 36.6 Å². The van der Waals surface area contributed by atoms with Crippen LogP contribution >= 0.6 is 11.8 Å². The van der Waals surface area contributed by atoms with Gasteiger partial charge in [0.2, 0.25) is 0 Å². The highest BCUT2D eigenvalue weighted by Gasteiger charge is 1.89. The number of rotatable bonds is 1. The summed E-state index contributed by atoms with van der Waals surface area (Å²) in [7, 11) is 0. The molecule has 1 aromatic rings. The van der Waals surface area contributed by atoms with E-state index in [9.17, 15) is 0 Å². The lowest BCUT2D eigenvalue weighted by Crippen LogP contribution is -1.75. The largest absolute Gasteiger partial charge is 0.197 e. The Balaban J connectivity index is 2.80. The predicted octanol–water partition coefficient (Wildman–Crippen LogP) is 2.67. The van der Waals surface area contributed by atoms with Crippen molar-refractivity contribution in [3.8, 4) is 17.9 Å². The number of hydrogen-bond acceptors (Lipinski definition) is 2. The molecule has 0 radical (unpaired) electrons. The van der Waals surface area contributed by atoms with Gasteiger partial charge in [-0.1, -0.05) is 17.9 Å². The van der Waals surface area contributed by atoms with Gasteiger partial charge in [-0.05, 0) is 24.5 Å². The lowest BCUT2D eigenvalue weighted by atomic mass is 10.2. The summed E-state index contributed by atoms with van der Waals surface area (Å²) in [5, 5.41) is 8.29. The van der Waals surface area contributed by atoms with Gasteiger partial charge in [0.05, 0.1) is 12.5 Å². The van der Waals surface area contributed by atoms with Gasteiger partial charge in [-0.2, -0.15) is 5.26 Å². The van der Waals surface area contributed by atoms with Gasteiger partial charge in [0, 0.05) is 10.5 Å². The first-order chi connectivity index (χ1) is 6.36. The van der Waals surface area contributed by atoms with Crippen LogP contribution in [0.4, 0.5) is 0 Å². The van der Waals surface area contributed by atoms with E-state index in [-0.39, 0.29) is 0 Å². The summed E-state index contributed by atoms with van der Waals surface area (Å²) in [5.74, 6) is 5.72. The van der Waals surface area contributed by atoms with Crippen LogP contribution in [0.5, 0.6) is 0 Å². The van der Waals surface area contributed by atoms with Crippen molar-refractivity contribution in [1.29, 1.82) is 5.26 Å². The molecule has 0 atom stereocenters. The molecule has 64 valence electrons. The van der Waals surface area contributed by atoms with Gasteiger partial charge >= 0.3 is 0 Å². The lowest BCUT2D eigenvalue weighted by Gasteiger charge is -1.94.